The Kier molecular flexibility index (Phi) is 6.60. The maximum absolute atomic E-state index is 12.1. The Bertz CT molecular complexity index is 568. The SMILES string of the molecule is CCOC(=O)c1ccc(S(=O)(=O)NC2CCNC2)cc1.Cl. The van der Waals surface area contributed by atoms with Crippen LogP contribution in [0.3, 0.4) is 0 Å². The third-order valence-electron chi connectivity index (χ3n) is 3.06. The van der Waals surface area contributed by atoms with Gasteiger partial charge in [0.1, 0.15) is 0 Å². The van der Waals surface area contributed by atoms with Gasteiger partial charge in [0.05, 0.1) is 17.1 Å². The fourth-order valence-corrected chi connectivity index (χ4v) is 3.30. The van der Waals surface area contributed by atoms with E-state index in [1.807, 2.05) is 0 Å². The molecule has 0 radical (unpaired) electrons. The summed E-state index contributed by atoms with van der Waals surface area (Å²) in [5, 5.41) is 3.10. The second-order valence-electron chi connectivity index (χ2n) is 4.56. The molecule has 0 aliphatic carbocycles. The Hall–Kier alpha value is -1.15. The lowest BCUT2D eigenvalue weighted by Crippen LogP contribution is -2.36. The molecule has 2 N–H and O–H groups in total. The monoisotopic (exact) mass is 334 g/mol. The van der Waals surface area contributed by atoms with Crippen molar-refractivity contribution in [3.05, 3.63) is 29.8 Å². The zero-order valence-corrected chi connectivity index (χ0v) is 13.3. The van der Waals surface area contributed by atoms with Crippen molar-refractivity contribution in [2.45, 2.75) is 24.3 Å². The average Bonchev–Trinajstić information content (AvgIpc) is 2.91. The van der Waals surface area contributed by atoms with Gasteiger partial charge in [-0.05, 0) is 44.2 Å². The molecule has 8 heteroatoms. The number of sulfonamides is 1. The number of hydrogen-bond donors (Lipinski definition) is 2. The summed E-state index contributed by atoms with van der Waals surface area (Å²) >= 11 is 0. The molecule has 1 atom stereocenters. The van der Waals surface area contributed by atoms with Gasteiger partial charge in [0.15, 0.2) is 0 Å². The van der Waals surface area contributed by atoms with Crippen LogP contribution in [-0.4, -0.2) is 40.1 Å². The highest BCUT2D eigenvalue weighted by atomic mass is 35.5. The van der Waals surface area contributed by atoms with Crippen LogP contribution in [0.2, 0.25) is 0 Å². The summed E-state index contributed by atoms with van der Waals surface area (Å²) in [6.45, 7) is 3.46. The number of benzene rings is 1. The second-order valence-corrected chi connectivity index (χ2v) is 6.27. The Labute approximate surface area is 130 Å². The lowest BCUT2D eigenvalue weighted by molar-refractivity contribution is 0.0526. The van der Waals surface area contributed by atoms with Gasteiger partial charge < -0.3 is 10.1 Å². The van der Waals surface area contributed by atoms with Crippen molar-refractivity contribution in [3.63, 3.8) is 0 Å². The quantitative estimate of drug-likeness (QED) is 0.782. The fourth-order valence-electron chi connectivity index (χ4n) is 2.03. The third-order valence-corrected chi connectivity index (χ3v) is 4.59. The van der Waals surface area contributed by atoms with Crippen LogP contribution in [0.15, 0.2) is 29.2 Å². The van der Waals surface area contributed by atoms with Crippen LogP contribution >= 0.6 is 12.4 Å². The van der Waals surface area contributed by atoms with Gasteiger partial charge in [-0.1, -0.05) is 0 Å². The lowest BCUT2D eigenvalue weighted by atomic mass is 10.2. The molecule has 0 aromatic heterocycles. The zero-order chi connectivity index (χ0) is 14.6. The van der Waals surface area contributed by atoms with Crippen LogP contribution < -0.4 is 10.0 Å². The van der Waals surface area contributed by atoms with E-state index in [0.29, 0.717) is 12.1 Å². The fraction of sp³-hybridized carbons (Fsp3) is 0.462. The predicted octanol–water partition coefficient (Wildman–Crippen LogP) is 0.925. The van der Waals surface area contributed by atoms with Gasteiger partial charge in [0.2, 0.25) is 10.0 Å². The first kappa shape index (κ1) is 17.9. The maximum atomic E-state index is 12.1. The third kappa shape index (κ3) is 4.67. The Balaban J connectivity index is 0.00000220. The summed E-state index contributed by atoms with van der Waals surface area (Å²) in [6.07, 6.45) is 0.778. The average molecular weight is 335 g/mol. The van der Waals surface area contributed by atoms with Crippen molar-refractivity contribution in [2.24, 2.45) is 0 Å². The van der Waals surface area contributed by atoms with Gasteiger partial charge in [-0.25, -0.2) is 17.9 Å². The first-order valence-electron chi connectivity index (χ1n) is 6.53. The number of hydrogen-bond acceptors (Lipinski definition) is 5. The minimum Gasteiger partial charge on any atom is -0.462 e. The van der Waals surface area contributed by atoms with Crippen LogP contribution in [0.25, 0.3) is 0 Å². The molecule has 118 valence electrons. The summed E-state index contributed by atoms with van der Waals surface area (Å²) < 4.78 is 31.8. The van der Waals surface area contributed by atoms with E-state index in [1.54, 1.807) is 6.92 Å². The van der Waals surface area contributed by atoms with Crippen molar-refractivity contribution >= 4 is 28.4 Å². The molecule has 6 nitrogen and oxygen atoms in total. The largest absolute Gasteiger partial charge is 0.462 e. The highest BCUT2D eigenvalue weighted by Crippen LogP contribution is 2.13. The van der Waals surface area contributed by atoms with E-state index in [0.717, 1.165) is 13.0 Å². The van der Waals surface area contributed by atoms with Gasteiger partial charge in [0, 0.05) is 12.6 Å². The van der Waals surface area contributed by atoms with E-state index < -0.39 is 16.0 Å². The van der Waals surface area contributed by atoms with Crippen molar-refractivity contribution in [1.29, 1.82) is 0 Å². The van der Waals surface area contributed by atoms with Crippen LogP contribution in [0.5, 0.6) is 0 Å². The van der Waals surface area contributed by atoms with Crippen molar-refractivity contribution in [3.8, 4) is 0 Å². The molecule has 1 fully saturated rings. The Morgan fingerprint density at radius 3 is 2.57 bits per heavy atom. The van der Waals surface area contributed by atoms with E-state index in [9.17, 15) is 13.2 Å². The predicted molar refractivity (Wildman–Crippen MR) is 81.2 cm³/mol. The van der Waals surface area contributed by atoms with Gasteiger partial charge in [-0.2, -0.15) is 0 Å². The molecular weight excluding hydrogens is 316 g/mol. The molecule has 0 saturated carbocycles. The molecule has 1 aliphatic rings. The Morgan fingerprint density at radius 2 is 2.05 bits per heavy atom. The summed E-state index contributed by atoms with van der Waals surface area (Å²) in [5.74, 6) is -0.454. The Morgan fingerprint density at radius 1 is 1.38 bits per heavy atom. The highest BCUT2D eigenvalue weighted by molar-refractivity contribution is 7.89. The molecule has 0 spiro atoms. The first-order chi connectivity index (χ1) is 9.53. The van der Waals surface area contributed by atoms with E-state index in [2.05, 4.69) is 10.0 Å². The molecule has 1 aliphatic heterocycles. The van der Waals surface area contributed by atoms with Crippen LogP contribution in [0.1, 0.15) is 23.7 Å². The number of ether oxygens (including phenoxy) is 1. The maximum Gasteiger partial charge on any atom is 0.338 e. The first-order valence-corrected chi connectivity index (χ1v) is 8.01. The summed E-state index contributed by atoms with van der Waals surface area (Å²) in [5.41, 5.74) is 0.341. The highest BCUT2D eigenvalue weighted by Gasteiger charge is 2.22. The molecule has 2 rings (SSSR count). The molecule has 1 aromatic rings. The number of nitrogens with one attached hydrogen (secondary N) is 2. The molecule has 21 heavy (non-hydrogen) atoms. The van der Waals surface area contributed by atoms with E-state index in [-0.39, 0.29) is 30.0 Å². The van der Waals surface area contributed by atoms with E-state index in [4.69, 9.17) is 4.74 Å². The smallest absolute Gasteiger partial charge is 0.338 e. The van der Waals surface area contributed by atoms with Crippen LogP contribution in [0.4, 0.5) is 0 Å². The van der Waals surface area contributed by atoms with Crippen molar-refractivity contribution in [2.75, 3.05) is 19.7 Å². The van der Waals surface area contributed by atoms with Gasteiger partial charge in [0.25, 0.3) is 0 Å². The van der Waals surface area contributed by atoms with Crippen molar-refractivity contribution < 1.29 is 17.9 Å². The van der Waals surface area contributed by atoms with E-state index >= 15 is 0 Å². The molecule has 0 amide bonds. The summed E-state index contributed by atoms with van der Waals surface area (Å²) in [7, 11) is -3.54. The van der Waals surface area contributed by atoms with Crippen molar-refractivity contribution in [1.82, 2.24) is 10.0 Å². The lowest BCUT2D eigenvalue weighted by Gasteiger charge is -2.12. The van der Waals surface area contributed by atoms with Gasteiger partial charge in [-0.15, -0.1) is 12.4 Å². The minimum atomic E-state index is -3.54. The van der Waals surface area contributed by atoms with Gasteiger partial charge in [-0.3, -0.25) is 0 Å². The van der Waals surface area contributed by atoms with Crippen LogP contribution in [0, 0.1) is 0 Å². The molecule has 1 unspecified atom stereocenters. The minimum absolute atomic E-state index is 0. The van der Waals surface area contributed by atoms with Gasteiger partial charge >= 0.3 is 5.97 Å². The number of rotatable bonds is 5. The standard InChI is InChI=1S/C13H18N2O4S.ClH/c1-2-19-13(16)10-3-5-12(6-4-10)20(17,18)15-11-7-8-14-9-11;/h3-6,11,14-15H,2,7-9H2,1H3;1H. The normalized spacial score (nSPS) is 18.0. The molecular formula is C13H19ClN2O4S. The van der Waals surface area contributed by atoms with E-state index in [1.165, 1.54) is 24.3 Å². The zero-order valence-electron chi connectivity index (χ0n) is 11.7. The topological polar surface area (TPSA) is 84.5 Å². The summed E-state index contributed by atoms with van der Waals surface area (Å²) in [6, 6.07) is 5.66. The molecule has 1 saturated heterocycles. The summed E-state index contributed by atoms with van der Waals surface area (Å²) in [4.78, 5) is 11.6. The number of carbonyl (C=O) groups is 1. The number of carbonyl (C=O) groups excluding carboxylic acids is 1. The molecule has 1 heterocycles. The molecule has 0 bridgehead atoms. The number of esters is 1. The van der Waals surface area contributed by atoms with Crippen LogP contribution in [-0.2, 0) is 14.8 Å². The number of halogens is 1. The molecule has 1 aromatic carbocycles. The second kappa shape index (κ2) is 7.74.